The minimum atomic E-state index is -0.653. The van der Waals surface area contributed by atoms with E-state index in [4.69, 9.17) is 5.11 Å². The summed E-state index contributed by atoms with van der Waals surface area (Å²) in [6, 6.07) is 0.565. The van der Waals surface area contributed by atoms with E-state index in [0.717, 1.165) is 38.4 Å². The second-order valence-electron chi connectivity index (χ2n) is 7.05. The largest absolute Gasteiger partial charge is 0.481 e. The first-order valence-corrected chi connectivity index (χ1v) is 8.85. The first-order chi connectivity index (χ1) is 10.2. The molecule has 2 fully saturated rings. The lowest BCUT2D eigenvalue weighted by atomic mass is 9.84. The van der Waals surface area contributed by atoms with Crippen molar-refractivity contribution in [2.75, 3.05) is 26.2 Å². The number of likely N-dealkylation sites (tertiary alicyclic amines) is 1. The topological polar surface area (TPSA) is 52.6 Å². The fourth-order valence-electron chi connectivity index (χ4n) is 3.58. The van der Waals surface area contributed by atoms with Gasteiger partial charge in [-0.2, -0.15) is 0 Å². The van der Waals surface area contributed by atoms with Gasteiger partial charge in [-0.1, -0.05) is 19.8 Å². The SMILES string of the molecule is CCCCN1CC(CCC(=O)O)CC(NCC2CCC2)C1. The number of unbranched alkanes of at least 4 members (excludes halogenated alkanes) is 1. The Kier molecular flexibility index (Phi) is 6.97. The molecule has 2 N–H and O–H groups in total. The molecule has 1 saturated heterocycles. The zero-order valence-electron chi connectivity index (χ0n) is 13.5. The zero-order chi connectivity index (χ0) is 15.1. The third-order valence-electron chi connectivity index (χ3n) is 5.13. The molecular weight excluding hydrogens is 264 g/mol. The lowest BCUT2D eigenvalue weighted by Gasteiger charge is -2.39. The van der Waals surface area contributed by atoms with Crippen molar-refractivity contribution in [3.63, 3.8) is 0 Å². The number of hydrogen-bond acceptors (Lipinski definition) is 3. The van der Waals surface area contributed by atoms with Crippen LogP contribution < -0.4 is 5.32 Å². The summed E-state index contributed by atoms with van der Waals surface area (Å²) in [4.78, 5) is 13.4. The molecule has 4 heteroatoms. The predicted molar refractivity (Wildman–Crippen MR) is 85.5 cm³/mol. The molecule has 4 nitrogen and oxygen atoms in total. The van der Waals surface area contributed by atoms with Crippen LogP contribution >= 0.6 is 0 Å². The summed E-state index contributed by atoms with van der Waals surface area (Å²) in [7, 11) is 0. The number of piperidine rings is 1. The lowest BCUT2D eigenvalue weighted by molar-refractivity contribution is -0.137. The Hall–Kier alpha value is -0.610. The molecule has 2 unspecified atom stereocenters. The van der Waals surface area contributed by atoms with E-state index in [1.165, 1.54) is 38.6 Å². The summed E-state index contributed by atoms with van der Waals surface area (Å²) >= 11 is 0. The van der Waals surface area contributed by atoms with Crippen LogP contribution in [0.3, 0.4) is 0 Å². The van der Waals surface area contributed by atoms with Gasteiger partial charge in [0, 0.05) is 25.6 Å². The number of aliphatic carboxylic acids is 1. The highest BCUT2D eigenvalue weighted by atomic mass is 16.4. The zero-order valence-corrected chi connectivity index (χ0v) is 13.5. The molecule has 0 amide bonds. The van der Waals surface area contributed by atoms with Gasteiger partial charge in [-0.3, -0.25) is 4.79 Å². The Bertz CT molecular complexity index is 318. The number of rotatable bonds is 9. The quantitative estimate of drug-likeness (QED) is 0.687. The van der Waals surface area contributed by atoms with Crippen LogP contribution in [0.4, 0.5) is 0 Å². The van der Waals surface area contributed by atoms with Crippen LogP contribution in [0.25, 0.3) is 0 Å². The van der Waals surface area contributed by atoms with Crippen molar-refractivity contribution in [1.82, 2.24) is 10.2 Å². The fourth-order valence-corrected chi connectivity index (χ4v) is 3.58. The van der Waals surface area contributed by atoms with Crippen LogP contribution in [0.15, 0.2) is 0 Å². The van der Waals surface area contributed by atoms with Crippen molar-refractivity contribution < 1.29 is 9.90 Å². The van der Waals surface area contributed by atoms with E-state index in [1.54, 1.807) is 0 Å². The maximum Gasteiger partial charge on any atom is 0.303 e. The van der Waals surface area contributed by atoms with Gasteiger partial charge in [0.2, 0.25) is 0 Å². The van der Waals surface area contributed by atoms with Gasteiger partial charge in [-0.05, 0) is 57.0 Å². The molecule has 1 aliphatic heterocycles. The molecule has 0 bridgehead atoms. The first-order valence-electron chi connectivity index (χ1n) is 8.85. The summed E-state index contributed by atoms with van der Waals surface area (Å²) in [5.74, 6) is 0.791. The Morgan fingerprint density at radius 1 is 1.29 bits per heavy atom. The second-order valence-corrected chi connectivity index (χ2v) is 7.05. The molecule has 1 aliphatic carbocycles. The molecule has 122 valence electrons. The molecule has 0 aromatic carbocycles. The molecule has 1 heterocycles. The molecule has 1 saturated carbocycles. The first kappa shape index (κ1) is 16.8. The summed E-state index contributed by atoms with van der Waals surface area (Å²) in [5, 5.41) is 12.7. The highest BCUT2D eigenvalue weighted by molar-refractivity contribution is 5.66. The van der Waals surface area contributed by atoms with E-state index in [9.17, 15) is 4.79 Å². The molecule has 0 radical (unpaired) electrons. The van der Waals surface area contributed by atoms with Crippen LogP contribution in [0.5, 0.6) is 0 Å². The minimum Gasteiger partial charge on any atom is -0.481 e. The van der Waals surface area contributed by atoms with Crippen molar-refractivity contribution in [3.05, 3.63) is 0 Å². The maximum absolute atomic E-state index is 10.8. The highest BCUT2D eigenvalue weighted by Crippen LogP contribution is 2.27. The van der Waals surface area contributed by atoms with Gasteiger partial charge >= 0.3 is 5.97 Å². The van der Waals surface area contributed by atoms with Gasteiger partial charge in [-0.15, -0.1) is 0 Å². The van der Waals surface area contributed by atoms with Crippen LogP contribution in [0.2, 0.25) is 0 Å². The van der Waals surface area contributed by atoms with Gasteiger partial charge < -0.3 is 15.3 Å². The van der Waals surface area contributed by atoms with Crippen molar-refractivity contribution in [2.24, 2.45) is 11.8 Å². The molecule has 2 atom stereocenters. The molecule has 2 rings (SSSR count). The average molecular weight is 296 g/mol. The summed E-state index contributed by atoms with van der Waals surface area (Å²) in [6.07, 6.45) is 8.98. The Morgan fingerprint density at radius 3 is 2.71 bits per heavy atom. The number of hydrogen-bond donors (Lipinski definition) is 2. The van der Waals surface area contributed by atoms with E-state index in [1.807, 2.05) is 0 Å². The predicted octanol–water partition coefficient (Wildman–Crippen LogP) is 2.73. The lowest BCUT2D eigenvalue weighted by Crippen LogP contribution is -2.50. The van der Waals surface area contributed by atoms with E-state index < -0.39 is 5.97 Å². The van der Waals surface area contributed by atoms with Gasteiger partial charge in [0.25, 0.3) is 0 Å². The average Bonchev–Trinajstić information content (AvgIpc) is 2.41. The van der Waals surface area contributed by atoms with Gasteiger partial charge in [0.15, 0.2) is 0 Å². The van der Waals surface area contributed by atoms with Crippen LogP contribution in [-0.4, -0.2) is 48.2 Å². The van der Waals surface area contributed by atoms with E-state index in [2.05, 4.69) is 17.1 Å². The van der Waals surface area contributed by atoms with Gasteiger partial charge in [0.1, 0.15) is 0 Å². The standard InChI is InChI=1S/C17H32N2O2/c1-2-3-9-19-12-15(7-8-17(20)21)10-16(13-19)18-11-14-5-4-6-14/h14-16,18H,2-13H2,1H3,(H,20,21). The number of carbonyl (C=O) groups is 1. The van der Waals surface area contributed by atoms with Gasteiger partial charge in [-0.25, -0.2) is 0 Å². The van der Waals surface area contributed by atoms with Crippen molar-refractivity contribution in [3.8, 4) is 0 Å². The third-order valence-corrected chi connectivity index (χ3v) is 5.13. The molecule has 0 aromatic rings. The molecular formula is C17H32N2O2. The molecule has 0 aromatic heterocycles. The summed E-state index contributed by atoms with van der Waals surface area (Å²) < 4.78 is 0. The molecule has 2 aliphatic rings. The van der Waals surface area contributed by atoms with Gasteiger partial charge in [0.05, 0.1) is 0 Å². The number of nitrogens with one attached hydrogen (secondary N) is 1. The van der Waals surface area contributed by atoms with Crippen molar-refractivity contribution >= 4 is 5.97 Å². The molecule has 0 spiro atoms. The number of nitrogens with zero attached hydrogens (tertiary/aromatic N) is 1. The highest BCUT2D eigenvalue weighted by Gasteiger charge is 2.28. The second kappa shape index (κ2) is 8.74. The van der Waals surface area contributed by atoms with Crippen LogP contribution in [-0.2, 0) is 4.79 Å². The Balaban J connectivity index is 1.77. The van der Waals surface area contributed by atoms with Crippen molar-refractivity contribution in [1.29, 1.82) is 0 Å². The minimum absolute atomic E-state index is 0.321. The number of carboxylic acids is 1. The summed E-state index contributed by atoms with van der Waals surface area (Å²) in [6.45, 7) is 6.81. The summed E-state index contributed by atoms with van der Waals surface area (Å²) in [5.41, 5.74) is 0. The monoisotopic (exact) mass is 296 g/mol. The van der Waals surface area contributed by atoms with E-state index in [0.29, 0.717) is 18.4 Å². The smallest absolute Gasteiger partial charge is 0.303 e. The van der Waals surface area contributed by atoms with E-state index in [-0.39, 0.29) is 0 Å². The maximum atomic E-state index is 10.8. The normalized spacial score (nSPS) is 27.5. The van der Waals surface area contributed by atoms with E-state index >= 15 is 0 Å². The Morgan fingerprint density at radius 2 is 2.10 bits per heavy atom. The number of carboxylic acid groups (broad SMARTS) is 1. The fraction of sp³-hybridized carbons (Fsp3) is 0.941. The Labute approximate surface area is 129 Å². The third kappa shape index (κ3) is 5.95. The van der Waals surface area contributed by atoms with Crippen molar-refractivity contribution in [2.45, 2.75) is 64.3 Å². The van der Waals surface area contributed by atoms with Crippen LogP contribution in [0, 0.1) is 11.8 Å². The molecule has 21 heavy (non-hydrogen) atoms. The van der Waals surface area contributed by atoms with Crippen LogP contribution in [0.1, 0.15) is 58.3 Å².